The van der Waals surface area contributed by atoms with Crippen molar-refractivity contribution in [3.8, 4) is 0 Å². The van der Waals surface area contributed by atoms with Gasteiger partial charge in [0.05, 0.1) is 12.1 Å². The number of rotatable bonds is 4. The van der Waals surface area contributed by atoms with Crippen molar-refractivity contribution in [2.45, 2.75) is 32.8 Å². The monoisotopic (exact) mass is 317 g/mol. The quantitative estimate of drug-likeness (QED) is 0.860. The molecule has 3 nitrogen and oxygen atoms in total. The van der Waals surface area contributed by atoms with Gasteiger partial charge < -0.3 is 10.1 Å². The zero-order valence-corrected chi connectivity index (χ0v) is 12.3. The van der Waals surface area contributed by atoms with Crippen LogP contribution in [0.15, 0.2) is 22.7 Å². The molecule has 0 saturated heterocycles. The number of esters is 1. The standard InChI is InChI=1S/C13H17BrFNO2/c1-13(2,3)18-11(17)7-8-16-12-9(14)5-4-6-10(12)15/h4-6,16H,7-8H2,1-3H3. The van der Waals surface area contributed by atoms with E-state index >= 15 is 0 Å². The third kappa shape index (κ3) is 5.04. The summed E-state index contributed by atoms with van der Waals surface area (Å²) in [6.45, 7) is 5.76. The van der Waals surface area contributed by atoms with Gasteiger partial charge in [-0.15, -0.1) is 0 Å². The van der Waals surface area contributed by atoms with Crippen molar-refractivity contribution in [1.82, 2.24) is 0 Å². The summed E-state index contributed by atoms with van der Waals surface area (Å²) in [5, 5.41) is 2.88. The van der Waals surface area contributed by atoms with Gasteiger partial charge in [-0.05, 0) is 48.8 Å². The first-order valence-corrected chi connectivity index (χ1v) is 6.48. The molecular weight excluding hydrogens is 301 g/mol. The Morgan fingerprint density at radius 2 is 2.11 bits per heavy atom. The van der Waals surface area contributed by atoms with E-state index in [4.69, 9.17) is 4.74 Å². The van der Waals surface area contributed by atoms with Crippen LogP contribution >= 0.6 is 15.9 Å². The molecule has 1 rings (SSSR count). The number of anilines is 1. The van der Waals surface area contributed by atoms with Crippen molar-refractivity contribution in [3.05, 3.63) is 28.5 Å². The summed E-state index contributed by atoms with van der Waals surface area (Å²) in [6.07, 6.45) is 0.193. The van der Waals surface area contributed by atoms with E-state index in [0.29, 0.717) is 16.7 Å². The maximum absolute atomic E-state index is 13.4. The SMILES string of the molecule is CC(C)(C)OC(=O)CCNc1c(F)cccc1Br. The highest BCUT2D eigenvalue weighted by atomic mass is 79.9. The molecule has 0 aliphatic rings. The van der Waals surface area contributed by atoms with E-state index in [0.717, 1.165) is 0 Å². The lowest BCUT2D eigenvalue weighted by molar-refractivity contribution is -0.154. The number of halogens is 2. The van der Waals surface area contributed by atoms with E-state index in [2.05, 4.69) is 21.2 Å². The molecule has 0 heterocycles. The van der Waals surface area contributed by atoms with Gasteiger partial charge in [-0.1, -0.05) is 6.07 Å². The van der Waals surface area contributed by atoms with Gasteiger partial charge in [0, 0.05) is 11.0 Å². The van der Waals surface area contributed by atoms with Crippen molar-refractivity contribution >= 4 is 27.6 Å². The fraction of sp³-hybridized carbons (Fsp3) is 0.462. The second kappa shape index (κ2) is 6.18. The predicted octanol–water partition coefficient (Wildman–Crippen LogP) is 3.73. The lowest BCUT2D eigenvalue weighted by Crippen LogP contribution is -2.25. The lowest BCUT2D eigenvalue weighted by Gasteiger charge is -2.19. The number of ether oxygens (including phenoxy) is 1. The summed E-state index contributed by atoms with van der Waals surface area (Å²) >= 11 is 3.24. The summed E-state index contributed by atoms with van der Waals surface area (Å²) in [6, 6.07) is 4.71. The highest BCUT2D eigenvalue weighted by Gasteiger charge is 2.16. The van der Waals surface area contributed by atoms with Gasteiger partial charge in [-0.2, -0.15) is 0 Å². The average molecular weight is 318 g/mol. The summed E-state index contributed by atoms with van der Waals surface area (Å²) in [7, 11) is 0. The fourth-order valence-electron chi connectivity index (χ4n) is 1.35. The van der Waals surface area contributed by atoms with Gasteiger partial charge in [-0.3, -0.25) is 4.79 Å². The molecule has 1 N–H and O–H groups in total. The number of hydrogen-bond donors (Lipinski definition) is 1. The molecule has 0 aromatic heterocycles. The van der Waals surface area contributed by atoms with Gasteiger partial charge in [-0.25, -0.2) is 4.39 Å². The second-order valence-corrected chi connectivity index (χ2v) is 5.71. The van der Waals surface area contributed by atoms with E-state index in [1.165, 1.54) is 6.07 Å². The Kier molecular flexibility index (Phi) is 5.14. The highest BCUT2D eigenvalue weighted by molar-refractivity contribution is 9.10. The van der Waals surface area contributed by atoms with Crippen LogP contribution < -0.4 is 5.32 Å². The van der Waals surface area contributed by atoms with E-state index in [1.807, 2.05) is 20.8 Å². The number of nitrogens with one attached hydrogen (secondary N) is 1. The van der Waals surface area contributed by atoms with E-state index in [9.17, 15) is 9.18 Å². The first-order valence-electron chi connectivity index (χ1n) is 5.69. The third-order valence-electron chi connectivity index (χ3n) is 2.01. The van der Waals surface area contributed by atoms with Crippen LogP contribution in [0.4, 0.5) is 10.1 Å². The molecule has 0 saturated carbocycles. The first-order chi connectivity index (χ1) is 8.29. The summed E-state index contributed by atoms with van der Waals surface area (Å²) in [5.41, 5.74) is -0.128. The number of benzene rings is 1. The van der Waals surface area contributed by atoms with Crippen LogP contribution in [0.5, 0.6) is 0 Å². The number of carbonyl (C=O) groups is 1. The summed E-state index contributed by atoms with van der Waals surface area (Å²) < 4.78 is 19.2. The topological polar surface area (TPSA) is 38.3 Å². The largest absolute Gasteiger partial charge is 0.460 e. The zero-order chi connectivity index (χ0) is 13.8. The van der Waals surface area contributed by atoms with Crippen LogP contribution in [0.25, 0.3) is 0 Å². The molecule has 0 fully saturated rings. The van der Waals surface area contributed by atoms with Crippen LogP contribution in [0.1, 0.15) is 27.2 Å². The maximum atomic E-state index is 13.4. The molecule has 5 heteroatoms. The maximum Gasteiger partial charge on any atom is 0.308 e. The number of para-hydroxylation sites is 1. The molecule has 100 valence electrons. The van der Waals surface area contributed by atoms with Crippen molar-refractivity contribution < 1.29 is 13.9 Å². The van der Waals surface area contributed by atoms with Crippen LogP contribution in [0.3, 0.4) is 0 Å². The second-order valence-electron chi connectivity index (χ2n) is 4.86. The smallest absolute Gasteiger partial charge is 0.308 e. The zero-order valence-electron chi connectivity index (χ0n) is 10.7. The fourth-order valence-corrected chi connectivity index (χ4v) is 1.83. The van der Waals surface area contributed by atoms with Gasteiger partial charge in [0.1, 0.15) is 11.4 Å². The normalized spacial score (nSPS) is 11.2. The molecule has 0 unspecified atom stereocenters. The molecule has 0 atom stereocenters. The summed E-state index contributed by atoms with van der Waals surface area (Å²) in [5.74, 6) is -0.656. The first kappa shape index (κ1) is 15.0. The summed E-state index contributed by atoms with van der Waals surface area (Å²) in [4.78, 5) is 11.5. The molecule has 0 radical (unpaired) electrons. The molecule has 18 heavy (non-hydrogen) atoms. The Morgan fingerprint density at radius 1 is 1.44 bits per heavy atom. The Bertz CT molecular complexity index is 409. The average Bonchev–Trinajstić information content (AvgIpc) is 2.19. The minimum atomic E-state index is -0.490. The van der Waals surface area contributed by atoms with Gasteiger partial charge in [0.25, 0.3) is 0 Å². The Hall–Kier alpha value is -1.10. The number of carbonyl (C=O) groups excluding carboxylic acids is 1. The van der Waals surface area contributed by atoms with Gasteiger partial charge >= 0.3 is 5.97 Å². The van der Waals surface area contributed by atoms with E-state index < -0.39 is 5.60 Å². The molecule has 0 amide bonds. The predicted molar refractivity (Wildman–Crippen MR) is 73.1 cm³/mol. The Labute approximate surface area is 115 Å². The highest BCUT2D eigenvalue weighted by Crippen LogP contribution is 2.24. The van der Waals surface area contributed by atoms with Crippen LogP contribution in [0, 0.1) is 5.82 Å². The number of hydrogen-bond acceptors (Lipinski definition) is 3. The molecule has 0 bridgehead atoms. The molecule has 0 aliphatic heterocycles. The molecule has 0 spiro atoms. The van der Waals surface area contributed by atoms with E-state index in [1.54, 1.807) is 12.1 Å². The molecule has 1 aromatic carbocycles. The Morgan fingerprint density at radius 3 is 2.67 bits per heavy atom. The molecular formula is C13H17BrFNO2. The molecule has 0 aliphatic carbocycles. The Balaban J connectivity index is 2.45. The minimum absolute atomic E-state index is 0.193. The third-order valence-corrected chi connectivity index (χ3v) is 2.67. The van der Waals surface area contributed by atoms with Crippen LogP contribution in [-0.4, -0.2) is 18.1 Å². The van der Waals surface area contributed by atoms with Gasteiger partial charge in [0.15, 0.2) is 0 Å². The lowest BCUT2D eigenvalue weighted by atomic mass is 10.2. The minimum Gasteiger partial charge on any atom is -0.460 e. The van der Waals surface area contributed by atoms with Crippen molar-refractivity contribution in [2.75, 3.05) is 11.9 Å². The van der Waals surface area contributed by atoms with Crippen molar-refractivity contribution in [1.29, 1.82) is 0 Å². The van der Waals surface area contributed by atoms with Crippen molar-refractivity contribution in [3.63, 3.8) is 0 Å². The van der Waals surface area contributed by atoms with Gasteiger partial charge in [0.2, 0.25) is 0 Å². The van der Waals surface area contributed by atoms with E-state index in [-0.39, 0.29) is 18.2 Å². The van der Waals surface area contributed by atoms with Crippen molar-refractivity contribution in [2.24, 2.45) is 0 Å². The molecule has 1 aromatic rings. The van der Waals surface area contributed by atoms with Crippen LogP contribution in [0.2, 0.25) is 0 Å². The van der Waals surface area contributed by atoms with Crippen LogP contribution in [-0.2, 0) is 9.53 Å².